The summed E-state index contributed by atoms with van der Waals surface area (Å²) in [6, 6.07) is 0.930. The fourth-order valence-corrected chi connectivity index (χ4v) is 1.35. The summed E-state index contributed by atoms with van der Waals surface area (Å²) in [5, 5.41) is 3.23. The van der Waals surface area contributed by atoms with Gasteiger partial charge in [0.2, 0.25) is 0 Å². The third-order valence-electron chi connectivity index (χ3n) is 2.10. The zero-order valence-electron chi connectivity index (χ0n) is 9.61. The van der Waals surface area contributed by atoms with Crippen molar-refractivity contribution in [3.63, 3.8) is 0 Å². The molecule has 0 saturated heterocycles. The van der Waals surface area contributed by atoms with E-state index in [1.54, 1.807) is 6.92 Å². The van der Waals surface area contributed by atoms with E-state index >= 15 is 0 Å². The summed E-state index contributed by atoms with van der Waals surface area (Å²) >= 11 is 0. The average molecular weight is 272 g/mol. The van der Waals surface area contributed by atoms with Gasteiger partial charge in [-0.2, -0.15) is 4.98 Å². The monoisotopic (exact) mass is 272 g/mol. The zero-order valence-corrected chi connectivity index (χ0v) is 9.61. The molecule has 0 atom stereocenters. The van der Waals surface area contributed by atoms with Crippen molar-refractivity contribution in [2.45, 2.75) is 6.92 Å². The van der Waals surface area contributed by atoms with Crippen molar-refractivity contribution in [1.82, 2.24) is 10.1 Å². The maximum atomic E-state index is 13.4. The second-order valence-corrected chi connectivity index (χ2v) is 3.39. The van der Waals surface area contributed by atoms with Gasteiger partial charge in [-0.3, -0.25) is 0 Å². The highest BCUT2D eigenvalue weighted by Gasteiger charge is 2.22. The number of hydrogen-bond acceptors (Lipinski definition) is 5. The van der Waals surface area contributed by atoms with Crippen LogP contribution in [0.3, 0.4) is 0 Å². The summed E-state index contributed by atoms with van der Waals surface area (Å²) in [7, 11) is 0. The van der Waals surface area contributed by atoms with Crippen molar-refractivity contribution in [3.8, 4) is 11.5 Å². The first-order valence-electron chi connectivity index (χ1n) is 5.18. The van der Waals surface area contributed by atoms with Gasteiger partial charge in [-0.25, -0.2) is 18.0 Å². The number of benzene rings is 1. The van der Waals surface area contributed by atoms with E-state index in [0.29, 0.717) is 12.1 Å². The van der Waals surface area contributed by atoms with Crippen LogP contribution in [-0.2, 0) is 4.74 Å². The zero-order chi connectivity index (χ0) is 14.0. The summed E-state index contributed by atoms with van der Waals surface area (Å²) < 4.78 is 48.7. The Morgan fingerprint density at radius 1 is 1.32 bits per heavy atom. The fraction of sp³-hybridized carbons (Fsp3) is 0.182. The lowest BCUT2D eigenvalue weighted by atomic mass is 10.2. The summed E-state index contributed by atoms with van der Waals surface area (Å²) in [6.07, 6.45) is 0. The smallest absolute Gasteiger partial charge is 0.379 e. The second kappa shape index (κ2) is 5.09. The van der Waals surface area contributed by atoms with E-state index in [-0.39, 0.29) is 6.61 Å². The number of nitrogens with zero attached hydrogens (tertiary/aromatic N) is 2. The van der Waals surface area contributed by atoms with Gasteiger partial charge in [0.15, 0.2) is 0 Å². The first kappa shape index (κ1) is 13.1. The van der Waals surface area contributed by atoms with Crippen LogP contribution in [0.25, 0.3) is 11.5 Å². The van der Waals surface area contributed by atoms with Gasteiger partial charge in [0.05, 0.1) is 6.61 Å². The molecular formula is C11H7F3N2O3. The van der Waals surface area contributed by atoms with Gasteiger partial charge in [0, 0.05) is 12.1 Å². The molecule has 0 N–H and O–H groups in total. The van der Waals surface area contributed by atoms with E-state index in [4.69, 9.17) is 0 Å². The maximum absolute atomic E-state index is 13.4. The third kappa shape index (κ3) is 2.56. The van der Waals surface area contributed by atoms with Crippen LogP contribution in [0.2, 0.25) is 0 Å². The summed E-state index contributed by atoms with van der Waals surface area (Å²) in [5.74, 6) is -5.43. The topological polar surface area (TPSA) is 65.2 Å². The van der Waals surface area contributed by atoms with Gasteiger partial charge < -0.3 is 9.26 Å². The van der Waals surface area contributed by atoms with E-state index in [1.807, 2.05) is 0 Å². The average Bonchev–Trinajstić information content (AvgIpc) is 2.77. The van der Waals surface area contributed by atoms with Gasteiger partial charge in [-0.05, 0) is 12.1 Å². The molecule has 2 aromatic rings. The minimum Gasteiger partial charge on any atom is -0.460 e. The summed E-state index contributed by atoms with van der Waals surface area (Å²) in [6.45, 7) is 1.65. The highest BCUT2D eigenvalue weighted by atomic mass is 19.1. The van der Waals surface area contributed by atoms with Crippen LogP contribution >= 0.6 is 0 Å². The number of esters is 1. The molecule has 0 amide bonds. The summed E-state index contributed by atoms with van der Waals surface area (Å²) in [5.41, 5.74) is -0.704. The number of halogens is 3. The molecule has 0 radical (unpaired) electrons. The number of carbonyl (C=O) groups excluding carboxylic acids is 1. The minimum atomic E-state index is -1.21. The SMILES string of the molecule is CCOC(=O)c1noc(-c2c(F)cc(F)cc2F)n1. The van der Waals surface area contributed by atoms with Crippen molar-refractivity contribution >= 4 is 5.97 Å². The molecule has 0 aliphatic carbocycles. The van der Waals surface area contributed by atoms with Crippen molar-refractivity contribution in [1.29, 1.82) is 0 Å². The lowest BCUT2D eigenvalue weighted by Crippen LogP contribution is -2.06. The molecule has 5 nitrogen and oxygen atoms in total. The molecule has 1 aromatic heterocycles. The van der Waals surface area contributed by atoms with E-state index < -0.39 is 40.7 Å². The maximum Gasteiger partial charge on any atom is 0.379 e. The number of aromatic nitrogens is 2. The quantitative estimate of drug-likeness (QED) is 0.802. The van der Waals surface area contributed by atoms with Crippen LogP contribution in [0.5, 0.6) is 0 Å². The van der Waals surface area contributed by atoms with Gasteiger partial charge in [0.1, 0.15) is 23.0 Å². The van der Waals surface area contributed by atoms with Gasteiger partial charge in [-0.15, -0.1) is 0 Å². The molecule has 0 spiro atoms. The van der Waals surface area contributed by atoms with Crippen molar-refractivity contribution in [2.75, 3.05) is 6.61 Å². The molecule has 1 heterocycles. The Labute approximate surface area is 105 Å². The Morgan fingerprint density at radius 2 is 1.95 bits per heavy atom. The molecule has 0 aliphatic rings. The predicted molar refractivity (Wildman–Crippen MR) is 55.6 cm³/mol. The Balaban J connectivity index is 2.41. The van der Waals surface area contributed by atoms with Crippen LogP contribution in [-0.4, -0.2) is 22.7 Å². The van der Waals surface area contributed by atoms with Crippen LogP contribution in [0, 0.1) is 17.5 Å². The Hall–Kier alpha value is -2.38. The number of carbonyl (C=O) groups is 1. The number of rotatable bonds is 3. The fourth-order valence-electron chi connectivity index (χ4n) is 1.35. The number of hydrogen-bond donors (Lipinski definition) is 0. The first-order chi connectivity index (χ1) is 9.02. The molecule has 8 heteroatoms. The van der Waals surface area contributed by atoms with Crippen molar-refractivity contribution in [2.24, 2.45) is 0 Å². The van der Waals surface area contributed by atoms with E-state index in [2.05, 4.69) is 19.4 Å². The highest BCUT2D eigenvalue weighted by molar-refractivity contribution is 5.85. The van der Waals surface area contributed by atoms with E-state index in [0.717, 1.165) is 0 Å². The molecule has 0 bridgehead atoms. The Bertz CT molecular complexity index is 604. The molecule has 1 aromatic carbocycles. The Morgan fingerprint density at radius 3 is 2.53 bits per heavy atom. The van der Waals surface area contributed by atoms with Crippen molar-refractivity contribution < 1.29 is 27.2 Å². The second-order valence-electron chi connectivity index (χ2n) is 3.39. The molecule has 0 aliphatic heterocycles. The lowest BCUT2D eigenvalue weighted by molar-refractivity contribution is 0.0508. The standard InChI is InChI=1S/C11H7F3N2O3/c1-2-18-11(17)9-15-10(19-16-9)8-6(13)3-5(12)4-7(8)14/h3-4H,2H2,1H3. The van der Waals surface area contributed by atoms with E-state index in [1.165, 1.54) is 0 Å². The predicted octanol–water partition coefficient (Wildman–Crippen LogP) is 2.33. The van der Waals surface area contributed by atoms with Crippen LogP contribution in [0.1, 0.15) is 17.5 Å². The molecule has 100 valence electrons. The van der Waals surface area contributed by atoms with Crippen LogP contribution in [0.15, 0.2) is 16.7 Å². The molecule has 0 unspecified atom stereocenters. The molecule has 2 rings (SSSR count). The largest absolute Gasteiger partial charge is 0.460 e. The Kier molecular flexibility index (Phi) is 3.50. The summed E-state index contributed by atoms with van der Waals surface area (Å²) in [4.78, 5) is 14.8. The van der Waals surface area contributed by atoms with Crippen molar-refractivity contribution in [3.05, 3.63) is 35.4 Å². The lowest BCUT2D eigenvalue weighted by Gasteiger charge is -1.99. The minimum absolute atomic E-state index is 0.0853. The van der Waals surface area contributed by atoms with Gasteiger partial charge in [-0.1, -0.05) is 0 Å². The van der Waals surface area contributed by atoms with Gasteiger partial charge >= 0.3 is 5.97 Å². The molecular weight excluding hydrogens is 265 g/mol. The van der Waals surface area contributed by atoms with E-state index in [9.17, 15) is 18.0 Å². The van der Waals surface area contributed by atoms with Crippen LogP contribution in [0.4, 0.5) is 13.2 Å². The molecule has 0 fully saturated rings. The van der Waals surface area contributed by atoms with Gasteiger partial charge in [0.25, 0.3) is 11.7 Å². The molecule has 0 saturated carbocycles. The highest BCUT2D eigenvalue weighted by Crippen LogP contribution is 2.25. The third-order valence-corrected chi connectivity index (χ3v) is 2.10. The molecule has 19 heavy (non-hydrogen) atoms. The van der Waals surface area contributed by atoms with Crippen LogP contribution < -0.4 is 0 Å². The normalized spacial score (nSPS) is 10.5. The number of ether oxygens (including phenoxy) is 1. The first-order valence-corrected chi connectivity index (χ1v) is 5.18.